The summed E-state index contributed by atoms with van der Waals surface area (Å²) < 4.78 is 25.6. The minimum atomic E-state index is -4.07. The van der Waals surface area contributed by atoms with E-state index in [1.165, 1.54) is 12.1 Å². The molecule has 0 spiro atoms. The van der Waals surface area contributed by atoms with E-state index >= 15 is 0 Å². The standard InChI is InChI=1S/C10H10N2O5S/c13-8-6-12(18(16,17)11-8)9(10(14)15)7-4-2-1-3-5-7/h1-6,9,11,13H,(H,14,15). The first-order valence-corrected chi connectivity index (χ1v) is 6.35. The predicted octanol–water partition coefficient (Wildman–Crippen LogP) is 0.319. The molecule has 1 unspecified atom stereocenters. The molecule has 8 heteroatoms. The molecule has 1 aliphatic heterocycles. The molecule has 1 atom stereocenters. The van der Waals surface area contributed by atoms with Crippen LogP contribution in [0, 0.1) is 0 Å². The van der Waals surface area contributed by atoms with Crippen LogP contribution in [0.3, 0.4) is 0 Å². The van der Waals surface area contributed by atoms with E-state index in [1.54, 1.807) is 22.9 Å². The average molecular weight is 270 g/mol. The van der Waals surface area contributed by atoms with Crippen molar-refractivity contribution < 1.29 is 23.4 Å². The number of carbonyl (C=O) groups is 1. The summed E-state index contributed by atoms with van der Waals surface area (Å²) in [6, 6.07) is 6.46. The molecule has 3 N–H and O–H groups in total. The smallest absolute Gasteiger partial charge is 0.332 e. The van der Waals surface area contributed by atoms with E-state index in [-0.39, 0.29) is 0 Å². The minimum absolute atomic E-state index is 0.293. The molecule has 0 radical (unpaired) electrons. The number of benzene rings is 1. The predicted molar refractivity (Wildman–Crippen MR) is 61.4 cm³/mol. The zero-order valence-corrected chi connectivity index (χ0v) is 9.83. The first-order chi connectivity index (χ1) is 8.42. The highest BCUT2D eigenvalue weighted by molar-refractivity contribution is 7.87. The van der Waals surface area contributed by atoms with E-state index in [1.807, 2.05) is 0 Å². The van der Waals surface area contributed by atoms with Crippen LogP contribution >= 0.6 is 0 Å². The van der Waals surface area contributed by atoms with E-state index in [0.29, 0.717) is 9.87 Å². The summed E-state index contributed by atoms with van der Waals surface area (Å²) in [5.74, 6) is -1.95. The molecule has 96 valence electrons. The van der Waals surface area contributed by atoms with Gasteiger partial charge in [-0.15, -0.1) is 0 Å². The molecule has 0 saturated carbocycles. The van der Waals surface area contributed by atoms with Crippen LogP contribution in [-0.2, 0) is 15.0 Å². The molecule has 1 aromatic rings. The Bertz CT molecular complexity index is 596. The maximum atomic E-state index is 11.6. The second-order valence-corrected chi connectivity index (χ2v) is 5.18. The maximum Gasteiger partial charge on any atom is 0.332 e. The van der Waals surface area contributed by atoms with Gasteiger partial charge < -0.3 is 10.2 Å². The highest BCUT2D eigenvalue weighted by atomic mass is 32.2. The number of aliphatic hydroxyl groups is 1. The zero-order valence-electron chi connectivity index (χ0n) is 9.02. The lowest BCUT2D eigenvalue weighted by Gasteiger charge is -2.22. The van der Waals surface area contributed by atoms with Crippen molar-refractivity contribution in [2.75, 3.05) is 0 Å². The van der Waals surface area contributed by atoms with E-state index in [2.05, 4.69) is 0 Å². The summed E-state index contributed by atoms with van der Waals surface area (Å²) in [6.07, 6.45) is 0.834. The Hall–Kier alpha value is -2.22. The first kappa shape index (κ1) is 12.2. The summed E-state index contributed by atoms with van der Waals surface area (Å²) in [5, 5.41) is 18.3. The fourth-order valence-electron chi connectivity index (χ4n) is 1.65. The topological polar surface area (TPSA) is 107 Å². The van der Waals surface area contributed by atoms with Crippen LogP contribution in [0.4, 0.5) is 0 Å². The molecule has 1 heterocycles. The van der Waals surface area contributed by atoms with Crippen molar-refractivity contribution in [3.05, 3.63) is 48.0 Å². The molecule has 2 rings (SSSR count). The Kier molecular flexibility index (Phi) is 2.87. The van der Waals surface area contributed by atoms with Crippen molar-refractivity contribution in [2.24, 2.45) is 0 Å². The van der Waals surface area contributed by atoms with Crippen molar-refractivity contribution in [1.29, 1.82) is 0 Å². The lowest BCUT2D eigenvalue weighted by atomic mass is 10.1. The number of hydrogen-bond acceptors (Lipinski definition) is 4. The Morgan fingerprint density at radius 2 is 1.89 bits per heavy atom. The van der Waals surface area contributed by atoms with Crippen molar-refractivity contribution in [3.8, 4) is 0 Å². The van der Waals surface area contributed by atoms with Gasteiger partial charge in [-0.3, -0.25) is 0 Å². The summed E-state index contributed by atoms with van der Waals surface area (Å²) >= 11 is 0. The van der Waals surface area contributed by atoms with Gasteiger partial charge in [-0.25, -0.2) is 13.8 Å². The Balaban J connectivity index is 2.48. The van der Waals surface area contributed by atoms with Crippen LogP contribution in [-0.4, -0.2) is 28.9 Å². The van der Waals surface area contributed by atoms with Gasteiger partial charge in [-0.2, -0.15) is 8.42 Å². The molecular weight excluding hydrogens is 260 g/mol. The summed E-state index contributed by atoms with van der Waals surface area (Å²) in [7, 11) is -4.07. The molecule has 1 aromatic carbocycles. The third kappa shape index (κ3) is 2.09. The number of nitrogens with one attached hydrogen (secondary N) is 1. The lowest BCUT2D eigenvalue weighted by Crippen LogP contribution is -2.36. The number of aliphatic carboxylic acids is 1. The van der Waals surface area contributed by atoms with Crippen LogP contribution in [0.25, 0.3) is 0 Å². The molecule has 7 nitrogen and oxygen atoms in total. The van der Waals surface area contributed by atoms with E-state index in [4.69, 9.17) is 10.2 Å². The molecule has 0 bridgehead atoms. The van der Waals surface area contributed by atoms with E-state index in [0.717, 1.165) is 6.20 Å². The van der Waals surface area contributed by atoms with Crippen LogP contribution in [0.1, 0.15) is 11.6 Å². The average Bonchev–Trinajstić information content (AvgIpc) is 2.53. The van der Waals surface area contributed by atoms with Gasteiger partial charge in [0.15, 0.2) is 6.04 Å². The number of carboxylic acid groups (broad SMARTS) is 1. The SMILES string of the molecule is O=C(O)C(c1ccccc1)N1C=C(O)NS1(=O)=O. The highest BCUT2D eigenvalue weighted by Crippen LogP contribution is 2.27. The van der Waals surface area contributed by atoms with Gasteiger partial charge in [0.2, 0.25) is 5.88 Å². The zero-order chi connectivity index (χ0) is 13.3. The summed E-state index contributed by atoms with van der Waals surface area (Å²) in [6.45, 7) is 0. The highest BCUT2D eigenvalue weighted by Gasteiger charge is 2.38. The van der Waals surface area contributed by atoms with Crippen LogP contribution in [0.15, 0.2) is 42.4 Å². The molecule has 0 saturated heterocycles. The van der Waals surface area contributed by atoms with Crippen LogP contribution in [0.2, 0.25) is 0 Å². The summed E-state index contributed by atoms with van der Waals surface area (Å²) in [5.41, 5.74) is 0.293. The van der Waals surface area contributed by atoms with E-state index in [9.17, 15) is 13.2 Å². The fraction of sp³-hybridized carbons (Fsp3) is 0.100. The van der Waals surface area contributed by atoms with Gasteiger partial charge in [-0.1, -0.05) is 30.3 Å². The van der Waals surface area contributed by atoms with Crippen molar-refractivity contribution in [3.63, 3.8) is 0 Å². The quantitative estimate of drug-likeness (QED) is 0.733. The molecule has 0 fully saturated rings. The Morgan fingerprint density at radius 1 is 1.28 bits per heavy atom. The van der Waals surface area contributed by atoms with Crippen molar-refractivity contribution in [1.82, 2.24) is 9.03 Å². The van der Waals surface area contributed by atoms with Gasteiger partial charge in [0, 0.05) is 0 Å². The molecular formula is C10H10N2O5S. The minimum Gasteiger partial charge on any atom is -0.493 e. The summed E-state index contributed by atoms with van der Waals surface area (Å²) in [4.78, 5) is 11.2. The van der Waals surface area contributed by atoms with Crippen molar-refractivity contribution >= 4 is 16.2 Å². The maximum absolute atomic E-state index is 11.6. The normalized spacial score (nSPS) is 18.9. The second-order valence-electron chi connectivity index (χ2n) is 3.60. The van der Waals surface area contributed by atoms with E-state index < -0.39 is 28.1 Å². The monoisotopic (exact) mass is 270 g/mol. The second kappa shape index (κ2) is 4.22. The van der Waals surface area contributed by atoms with Crippen LogP contribution in [0.5, 0.6) is 0 Å². The Morgan fingerprint density at radius 3 is 2.33 bits per heavy atom. The number of aliphatic hydroxyl groups excluding tert-OH is 1. The fourth-order valence-corrected chi connectivity index (χ4v) is 2.80. The number of nitrogens with zero attached hydrogens (tertiary/aromatic N) is 1. The van der Waals surface area contributed by atoms with Gasteiger partial charge in [0.05, 0.1) is 6.20 Å². The van der Waals surface area contributed by atoms with Crippen molar-refractivity contribution in [2.45, 2.75) is 6.04 Å². The van der Waals surface area contributed by atoms with Gasteiger partial charge in [-0.05, 0) is 5.56 Å². The molecule has 1 aliphatic rings. The number of hydrogen-bond donors (Lipinski definition) is 3. The number of rotatable bonds is 3. The molecule has 0 aliphatic carbocycles. The third-order valence-corrected chi connectivity index (χ3v) is 3.70. The molecule has 18 heavy (non-hydrogen) atoms. The van der Waals surface area contributed by atoms with Gasteiger partial charge >= 0.3 is 16.2 Å². The number of carboxylic acids is 1. The van der Waals surface area contributed by atoms with Gasteiger partial charge in [0.25, 0.3) is 0 Å². The Labute approximate surface area is 103 Å². The molecule has 0 aromatic heterocycles. The third-order valence-electron chi connectivity index (χ3n) is 2.36. The van der Waals surface area contributed by atoms with Crippen LogP contribution < -0.4 is 4.72 Å². The van der Waals surface area contributed by atoms with Gasteiger partial charge in [0.1, 0.15) is 0 Å². The largest absolute Gasteiger partial charge is 0.493 e. The lowest BCUT2D eigenvalue weighted by molar-refractivity contribution is -0.141. The first-order valence-electron chi connectivity index (χ1n) is 4.91. The molecule has 0 amide bonds.